The summed E-state index contributed by atoms with van der Waals surface area (Å²) in [6, 6.07) is 0. The lowest BCUT2D eigenvalue weighted by molar-refractivity contribution is -0.120. The lowest BCUT2D eigenvalue weighted by atomic mass is 9.95. The number of amides is 1. The second-order valence-corrected chi connectivity index (χ2v) is 5.23. The monoisotopic (exact) mass is 228 g/mol. The molecule has 4 heteroatoms. The number of hydrogen-bond acceptors (Lipinski definition) is 3. The standard InChI is InChI=1S/C12H24N2O2/c1-9(2)7-13-11(15)8-14-12(4)5-6-16-10(12)3/h9-10,14H,5-8H2,1-4H3,(H,13,15). The first-order valence-electron chi connectivity index (χ1n) is 6.07. The first-order chi connectivity index (χ1) is 7.44. The molecule has 0 aromatic heterocycles. The molecular formula is C12H24N2O2. The van der Waals surface area contributed by atoms with E-state index >= 15 is 0 Å². The summed E-state index contributed by atoms with van der Waals surface area (Å²) in [5, 5.41) is 6.19. The topological polar surface area (TPSA) is 50.4 Å². The average Bonchev–Trinajstić information content (AvgIpc) is 2.54. The van der Waals surface area contributed by atoms with Crippen LogP contribution in [0.25, 0.3) is 0 Å². The Hall–Kier alpha value is -0.610. The average molecular weight is 228 g/mol. The van der Waals surface area contributed by atoms with Crippen molar-refractivity contribution in [1.82, 2.24) is 10.6 Å². The fourth-order valence-electron chi connectivity index (χ4n) is 1.73. The Morgan fingerprint density at radius 2 is 2.25 bits per heavy atom. The number of carbonyl (C=O) groups excluding carboxylic acids is 1. The molecule has 94 valence electrons. The molecule has 0 radical (unpaired) electrons. The zero-order chi connectivity index (χ0) is 12.2. The van der Waals surface area contributed by atoms with Crippen molar-refractivity contribution in [3.8, 4) is 0 Å². The van der Waals surface area contributed by atoms with E-state index in [2.05, 4.69) is 31.4 Å². The summed E-state index contributed by atoms with van der Waals surface area (Å²) < 4.78 is 5.50. The molecule has 1 aliphatic heterocycles. The Labute approximate surface area is 98.1 Å². The molecule has 0 aromatic carbocycles. The van der Waals surface area contributed by atoms with Crippen LogP contribution in [0.15, 0.2) is 0 Å². The van der Waals surface area contributed by atoms with Crippen LogP contribution < -0.4 is 10.6 Å². The normalized spacial score (nSPS) is 29.7. The number of ether oxygens (including phenoxy) is 1. The smallest absolute Gasteiger partial charge is 0.233 e. The van der Waals surface area contributed by atoms with Crippen molar-refractivity contribution in [2.75, 3.05) is 19.7 Å². The number of hydrogen-bond donors (Lipinski definition) is 2. The van der Waals surface area contributed by atoms with E-state index in [-0.39, 0.29) is 17.6 Å². The van der Waals surface area contributed by atoms with E-state index in [9.17, 15) is 4.79 Å². The van der Waals surface area contributed by atoms with E-state index in [0.717, 1.165) is 19.6 Å². The first kappa shape index (κ1) is 13.5. The largest absolute Gasteiger partial charge is 0.377 e. The highest BCUT2D eigenvalue weighted by atomic mass is 16.5. The third-order valence-corrected chi connectivity index (χ3v) is 3.25. The molecule has 0 bridgehead atoms. The summed E-state index contributed by atoms with van der Waals surface area (Å²) in [6.07, 6.45) is 1.14. The van der Waals surface area contributed by atoms with Crippen LogP contribution in [0, 0.1) is 5.92 Å². The van der Waals surface area contributed by atoms with Crippen LogP contribution in [0.4, 0.5) is 0 Å². The molecule has 0 aliphatic carbocycles. The van der Waals surface area contributed by atoms with E-state index in [0.29, 0.717) is 12.5 Å². The fourth-order valence-corrected chi connectivity index (χ4v) is 1.73. The molecule has 1 saturated heterocycles. The first-order valence-corrected chi connectivity index (χ1v) is 6.07. The predicted octanol–water partition coefficient (Wildman–Crippen LogP) is 0.916. The molecule has 0 spiro atoms. The summed E-state index contributed by atoms with van der Waals surface area (Å²) in [5.74, 6) is 0.558. The molecule has 4 nitrogen and oxygen atoms in total. The highest BCUT2D eigenvalue weighted by molar-refractivity contribution is 5.78. The third kappa shape index (κ3) is 3.76. The second-order valence-electron chi connectivity index (χ2n) is 5.23. The van der Waals surface area contributed by atoms with Crippen molar-refractivity contribution >= 4 is 5.91 Å². The SMILES string of the molecule is CC(C)CNC(=O)CNC1(C)CCOC1C. The highest BCUT2D eigenvalue weighted by Crippen LogP contribution is 2.24. The molecule has 1 rings (SSSR count). The lowest BCUT2D eigenvalue weighted by Crippen LogP contribution is -2.51. The highest BCUT2D eigenvalue weighted by Gasteiger charge is 2.36. The van der Waals surface area contributed by atoms with E-state index in [1.807, 2.05) is 6.92 Å². The molecule has 1 amide bonds. The summed E-state index contributed by atoms with van der Waals surface area (Å²) in [6.45, 7) is 10.2. The van der Waals surface area contributed by atoms with Crippen LogP contribution in [-0.2, 0) is 9.53 Å². The van der Waals surface area contributed by atoms with Crippen LogP contribution >= 0.6 is 0 Å². The van der Waals surface area contributed by atoms with Gasteiger partial charge in [-0.15, -0.1) is 0 Å². The van der Waals surface area contributed by atoms with Crippen LogP contribution in [0.2, 0.25) is 0 Å². The van der Waals surface area contributed by atoms with Gasteiger partial charge in [0.2, 0.25) is 5.91 Å². The number of carbonyl (C=O) groups is 1. The molecular weight excluding hydrogens is 204 g/mol. The Balaban J connectivity index is 2.26. The van der Waals surface area contributed by atoms with Crippen molar-refractivity contribution in [2.45, 2.75) is 45.8 Å². The summed E-state index contributed by atoms with van der Waals surface area (Å²) in [4.78, 5) is 11.5. The van der Waals surface area contributed by atoms with Crippen molar-refractivity contribution < 1.29 is 9.53 Å². The summed E-state index contributed by atoms with van der Waals surface area (Å²) in [5.41, 5.74) is -0.0603. The molecule has 0 aromatic rings. The Morgan fingerprint density at radius 3 is 2.75 bits per heavy atom. The van der Waals surface area contributed by atoms with Crippen LogP contribution in [-0.4, -0.2) is 37.2 Å². The van der Waals surface area contributed by atoms with Crippen LogP contribution in [0.3, 0.4) is 0 Å². The minimum Gasteiger partial charge on any atom is -0.377 e. The molecule has 1 heterocycles. The Morgan fingerprint density at radius 1 is 1.56 bits per heavy atom. The van der Waals surface area contributed by atoms with E-state index in [1.165, 1.54) is 0 Å². The van der Waals surface area contributed by atoms with Gasteiger partial charge in [-0.25, -0.2) is 0 Å². The summed E-state index contributed by atoms with van der Waals surface area (Å²) in [7, 11) is 0. The van der Waals surface area contributed by atoms with Gasteiger partial charge in [0, 0.05) is 18.7 Å². The molecule has 1 fully saturated rings. The molecule has 2 N–H and O–H groups in total. The maximum Gasteiger partial charge on any atom is 0.233 e. The van der Waals surface area contributed by atoms with Crippen LogP contribution in [0.1, 0.15) is 34.1 Å². The van der Waals surface area contributed by atoms with Gasteiger partial charge in [-0.2, -0.15) is 0 Å². The second kappa shape index (κ2) is 5.64. The van der Waals surface area contributed by atoms with E-state index in [4.69, 9.17) is 4.74 Å². The van der Waals surface area contributed by atoms with Crippen molar-refractivity contribution in [3.05, 3.63) is 0 Å². The molecule has 0 saturated carbocycles. The Bertz CT molecular complexity index is 243. The maximum atomic E-state index is 11.5. The molecule has 2 unspecified atom stereocenters. The van der Waals surface area contributed by atoms with Gasteiger partial charge >= 0.3 is 0 Å². The van der Waals surface area contributed by atoms with Gasteiger partial charge < -0.3 is 15.4 Å². The van der Waals surface area contributed by atoms with Crippen molar-refractivity contribution in [2.24, 2.45) is 5.92 Å². The van der Waals surface area contributed by atoms with Crippen molar-refractivity contribution in [1.29, 1.82) is 0 Å². The van der Waals surface area contributed by atoms with Gasteiger partial charge in [-0.05, 0) is 26.2 Å². The van der Waals surface area contributed by atoms with Crippen molar-refractivity contribution in [3.63, 3.8) is 0 Å². The van der Waals surface area contributed by atoms with Gasteiger partial charge in [0.15, 0.2) is 0 Å². The zero-order valence-electron chi connectivity index (χ0n) is 10.8. The third-order valence-electron chi connectivity index (χ3n) is 3.25. The fraction of sp³-hybridized carbons (Fsp3) is 0.917. The molecule has 16 heavy (non-hydrogen) atoms. The molecule has 2 atom stereocenters. The lowest BCUT2D eigenvalue weighted by Gasteiger charge is -2.28. The molecule has 1 aliphatic rings. The number of nitrogens with one attached hydrogen (secondary N) is 2. The number of rotatable bonds is 5. The summed E-state index contributed by atoms with van der Waals surface area (Å²) >= 11 is 0. The van der Waals surface area contributed by atoms with Gasteiger partial charge in [0.05, 0.1) is 12.6 Å². The zero-order valence-corrected chi connectivity index (χ0v) is 10.8. The minimum atomic E-state index is -0.0603. The van der Waals surface area contributed by atoms with E-state index in [1.54, 1.807) is 0 Å². The predicted molar refractivity (Wildman–Crippen MR) is 64.3 cm³/mol. The Kier molecular flexibility index (Phi) is 4.74. The minimum absolute atomic E-state index is 0.0603. The van der Waals surface area contributed by atoms with Gasteiger partial charge in [0.25, 0.3) is 0 Å². The van der Waals surface area contributed by atoms with Crippen LogP contribution in [0.5, 0.6) is 0 Å². The van der Waals surface area contributed by atoms with E-state index < -0.39 is 0 Å². The van der Waals surface area contributed by atoms with Gasteiger partial charge in [0.1, 0.15) is 0 Å². The maximum absolute atomic E-state index is 11.5. The van der Waals surface area contributed by atoms with Gasteiger partial charge in [-0.1, -0.05) is 13.8 Å². The quantitative estimate of drug-likeness (QED) is 0.735. The van der Waals surface area contributed by atoms with Gasteiger partial charge in [-0.3, -0.25) is 4.79 Å².